The van der Waals surface area contributed by atoms with Gasteiger partial charge in [-0.1, -0.05) is 25.0 Å². The van der Waals surface area contributed by atoms with Crippen LogP contribution in [0.1, 0.15) is 51.4 Å². The zero-order valence-electron chi connectivity index (χ0n) is 12.5. The van der Waals surface area contributed by atoms with Gasteiger partial charge in [0.15, 0.2) is 0 Å². The monoisotopic (exact) mass is 286 g/mol. The van der Waals surface area contributed by atoms with Crippen molar-refractivity contribution in [2.75, 3.05) is 0 Å². The van der Waals surface area contributed by atoms with E-state index in [-0.39, 0.29) is 42.1 Å². The Kier molecular flexibility index (Phi) is 7.93. The summed E-state index contributed by atoms with van der Waals surface area (Å²) in [5.41, 5.74) is 1.57. The molecule has 2 aliphatic rings. The Labute approximate surface area is 143 Å². The molecule has 0 amide bonds. The molecular formula is C16H23NaO3. The fraction of sp³-hybridized carbons (Fsp3) is 0.688. The van der Waals surface area contributed by atoms with Gasteiger partial charge in [0.1, 0.15) is 6.10 Å². The van der Waals surface area contributed by atoms with Gasteiger partial charge >= 0.3 is 29.6 Å². The van der Waals surface area contributed by atoms with Crippen molar-refractivity contribution >= 4 is 5.97 Å². The van der Waals surface area contributed by atoms with Crippen molar-refractivity contribution in [3.05, 3.63) is 24.5 Å². The molecule has 20 heavy (non-hydrogen) atoms. The van der Waals surface area contributed by atoms with E-state index >= 15 is 0 Å². The topological polar surface area (TPSA) is 49.4 Å². The molecule has 3 nitrogen and oxygen atoms in total. The van der Waals surface area contributed by atoms with Gasteiger partial charge in [0.2, 0.25) is 0 Å². The van der Waals surface area contributed by atoms with Crippen LogP contribution in [0.3, 0.4) is 0 Å². The van der Waals surface area contributed by atoms with Gasteiger partial charge in [0, 0.05) is 5.97 Å². The number of unbranched alkanes of at least 4 members (excludes halogenated alkanes) is 1. The molecule has 106 valence electrons. The number of allylic oxidation sites excluding steroid dienone is 1. The maximum absolute atomic E-state index is 10.4. The van der Waals surface area contributed by atoms with Crippen LogP contribution >= 0.6 is 0 Å². The fourth-order valence-electron chi connectivity index (χ4n) is 3.48. The molecule has 3 atom stereocenters. The van der Waals surface area contributed by atoms with Crippen LogP contribution in [0.4, 0.5) is 0 Å². The van der Waals surface area contributed by atoms with Gasteiger partial charge in [-0.3, -0.25) is 0 Å². The number of carboxylic acid groups (broad SMARTS) is 1. The number of hydrogen-bond acceptors (Lipinski definition) is 3. The summed E-state index contributed by atoms with van der Waals surface area (Å²) in [5, 5.41) is 10.4. The Balaban J connectivity index is 0.00000200. The van der Waals surface area contributed by atoms with Gasteiger partial charge in [0.25, 0.3) is 0 Å². The molecule has 0 heterocycles. The minimum absolute atomic E-state index is 0. The van der Waals surface area contributed by atoms with Gasteiger partial charge in [-0.25, -0.2) is 0 Å². The Bertz CT molecular complexity index is 365. The van der Waals surface area contributed by atoms with Gasteiger partial charge in [-0.2, -0.15) is 0 Å². The third-order valence-corrected chi connectivity index (χ3v) is 4.41. The summed E-state index contributed by atoms with van der Waals surface area (Å²) in [6, 6.07) is 0. The Morgan fingerprint density at radius 3 is 2.95 bits per heavy atom. The quantitative estimate of drug-likeness (QED) is 0.276. The SMILES string of the molecule is C=CO[C@H]1C=C2CC[C@@H](CCCCC(=O)[O-])C[C@H]2C1.[Na+]. The standard InChI is InChI=1S/C16H24O3.Na/c1-2-19-15-10-13-8-7-12(9-14(13)11-15)5-3-4-6-16(17)18;/h2,10,12,14-15H,1,3-9,11H2,(H,17,18);/q;+1/p-1/t12-,14+,15+;/m1./s1. The molecule has 2 rings (SSSR count). The molecule has 0 N–H and O–H groups in total. The predicted octanol–water partition coefficient (Wildman–Crippen LogP) is -0.424. The average molecular weight is 286 g/mol. The zero-order chi connectivity index (χ0) is 13.7. The summed E-state index contributed by atoms with van der Waals surface area (Å²) in [6.07, 6.45) is 11.9. The predicted molar refractivity (Wildman–Crippen MR) is 72.1 cm³/mol. The summed E-state index contributed by atoms with van der Waals surface area (Å²) in [6.45, 7) is 3.62. The van der Waals surface area contributed by atoms with E-state index in [1.54, 1.807) is 5.57 Å². The summed E-state index contributed by atoms with van der Waals surface area (Å²) in [7, 11) is 0. The Morgan fingerprint density at radius 2 is 2.25 bits per heavy atom. The minimum atomic E-state index is -0.922. The number of carbonyl (C=O) groups is 1. The largest absolute Gasteiger partial charge is 1.00 e. The summed E-state index contributed by atoms with van der Waals surface area (Å²) < 4.78 is 5.47. The van der Waals surface area contributed by atoms with Crippen LogP contribution in [0.25, 0.3) is 0 Å². The van der Waals surface area contributed by atoms with Gasteiger partial charge in [-0.15, -0.1) is 0 Å². The fourth-order valence-corrected chi connectivity index (χ4v) is 3.48. The van der Waals surface area contributed by atoms with E-state index in [0.717, 1.165) is 31.6 Å². The Hall–Kier alpha value is -0.250. The van der Waals surface area contributed by atoms with Gasteiger partial charge in [-0.05, 0) is 56.4 Å². The molecule has 1 fully saturated rings. The van der Waals surface area contributed by atoms with Crippen molar-refractivity contribution in [1.82, 2.24) is 0 Å². The third kappa shape index (κ3) is 5.27. The van der Waals surface area contributed by atoms with Crippen molar-refractivity contribution < 1.29 is 44.2 Å². The van der Waals surface area contributed by atoms with Crippen molar-refractivity contribution in [3.63, 3.8) is 0 Å². The molecule has 0 bridgehead atoms. The molecule has 1 saturated carbocycles. The Morgan fingerprint density at radius 1 is 1.45 bits per heavy atom. The van der Waals surface area contributed by atoms with Gasteiger partial charge in [0.05, 0.1) is 6.26 Å². The van der Waals surface area contributed by atoms with Crippen LogP contribution in [0.5, 0.6) is 0 Å². The number of hydrogen-bond donors (Lipinski definition) is 0. The number of rotatable bonds is 7. The first-order valence-corrected chi connectivity index (χ1v) is 7.36. The second kappa shape index (κ2) is 8.91. The van der Waals surface area contributed by atoms with E-state index < -0.39 is 5.97 Å². The summed E-state index contributed by atoms with van der Waals surface area (Å²) >= 11 is 0. The average Bonchev–Trinajstić information content (AvgIpc) is 2.76. The molecule has 0 aromatic carbocycles. The molecule has 0 radical (unpaired) electrons. The minimum Gasteiger partial charge on any atom is -0.550 e. The number of aliphatic carboxylic acids is 1. The van der Waals surface area contributed by atoms with Gasteiger partial charge < -0.3 is 14.6 Å². The van der Waals surface area contributed by atoms with E-state index in [1.165, 1.54) is 25.5 Å². The molecule has 2 aliphatic carbocycles. The maximum atomic E-state index is 10.4. The van der Waals surface area contributed by atoms with Crippen molar-refractivity contribution in [2.45, 2.75) is 57.5 Å². The zero-order valence-corrected chi connectivity index (χ0v) is 14.5. The summed E-state index contributed by atoms with van der Waals surface area (Å²) in [5.74, 6) is 0.519. The normalized spacial score (nSPS) is 28.0. The first-order valence-electron chi connectivity index (χ1n) is 7.36. The van der Waals surface area contributed by atoms with Crippen LogP contribution in [-0.4, -0.2) is 12.1 Å². The number of carboxylic acids is 1. The van der Waals surface area contributed by atoms with Crippen LogP contribution in [0.2, 0.25) is 0 Å². The van der Waals surface area contributed by atoms with E-state index in [0.29, 0.717) is 5.92 Å². The van der Waals surface area contributed by atoms with E-state index in [2.05, 4.69) is 12.7 Å². The smallest absolute Gasteiger partial charge is 0.550 e. The second-order valence-electron chi connectivity index (χ2n) is 5.77. The molecule has 4 heteroatoms. The van der Waals surface area contributed by atoms with Crippen molar-refractivity contribution in [1.29, 1.82) is 0 Å². The van der Waals surface area contributed by atoms with Crippen LogP contribution in [0.15, 0.2) is 24.5 Å². The van der Waals surface area contributed by atoms with Crippen molar-refractivity contribution in [3.8, 4) is 0 Å². The van der Waals surface area contributed by atoms with E-state index in [1.807, 2.05) is 0 Å². The molecule has 0 aromatic heterocycles. The maximum Gasteiger partial charge on any atom is 1.00 e. The third-order valence-electron chi connectivity index (χ3n) is 4.41. The number of ether oxygens (including phenoxy) is 1. The molecule has 0 unspecified atom stereocenters. The van der Waals surface area contributed by atoms with Crippen LogP contribution < -0.4 is 34.7 Å². The van der Waals surface area contributed by atoms with Crippen molar-refractivity contribution in [2.24, 2.45) is 11.8 Å². The second-order valence-corrected chi connectivity index (χ2v) is 5.77. The number of carbonyl (C=O) groups excluding carboxylic acids is 1. The molecule has 0 aliphatic heterocycles. The molecule has 0 saturated heterocycles. The van der Waals surface area contributed by atoms with E-state index in [9.17, 15) is 9.90 Å². The summed E-state index contributed by atoms with van der Waals surface area (Å²) in [4.78, 5) is 10.4. The van der Waals surface area contributed by atoms with Crippen LogP contribution in [-0.2, 0) is 9.53 Å². The number of fused-ring (bicyclic) bond motifs is 1. The first-order chi connectivity index (χ1) is 9.19. The molecule has 0 aromatic rings. The molecular weight excluding hydrogens is 263 g/mol. The first kappa shape index (κ1) is 17.8. The van der Waals surface area contributed by atoms with Crippen LogP contribution in [0, 0.1) is 11.8 Å². The molecule has 0 spiro atoms. The van der Waals surface area contributed by atoms with E-state index in [4.69, 9.17) is 4.74 Å².